The summed E-state index contributed by atoms with van der Waals surface area (Å²) in [6, 6.07) is 11.3. The molecule has 6 nitrogen and oxygen atoms in total. The van der Waals surface area contributed by atoms with Gasteiger partial charge in [-0.2, -0.15) is 0 Å². The van der Waals surface area contributed by atoms with Crippen LogP contribution in [0.2, 0.25) is 0 Å². The number of carbonyl (C=O) groups excluding carboxylic acids is 1. The highest BCUT2D eigenvalue weighted by atomic mass is 32.1. The fourth-order valence-electron chi connectivity index (χ4n) is 2.17. The average Bonchev–Trinajstić information content (AvgIpc) is 3.27. The van der Waals surface area contributed by atoms with Crippen LogP contribution >= 0.6 is 11.3 Å². The Kier molecular flexibility index (Phi) is 5.22. The fourth-order valence-corrected chi connectivity index (χ4v) is 2.87. The van der Waals surface area contributed by atoms with Crippen LogP contribution in [0.15, 0.2) is 46.2 Å². The zero-order valence-corrected chi connectivity index (χ0v) is 14.0. The lowest BCUT2D eigenvalue weighted by Gasteiger charge is -2.02. The Labute approximate surface area is 143 Å². The third-order valence-electron chi connectivity index (χ3n) is 3.36. The van der Waals surface area contributed by atoms with Gasteiger partial charge in [0.15, 0.2) is 0 Å². The number of methoxy groups -OCH3 is 1. The average molecular weight is 343 g/mol. The summed E-state index contributed by atoms with van der Waals surface area (Å²) in [5, 5.41) is 12.9. The molecular weight excluding hydrogens is 326 g/mol. The SMILES string of the molecule is COc1cccc(-c2nnc(CCNC(=O)Cc3cccs3)o2)c1. The molecule has 0 bridgehead atoms. The van der Waals surface area contributed by atoms with E-state index in [1.807, 2.05) is 41.8 Å². The molecule has 0 aliphatic heterocycles. The van der Waals surface area contributed by atoms with E-state index >= 15 is 0 Å². The number of aromatic nitrogens is 2. The van der Waals surface area contributed by atoms with Crippen LogP contribution in [0.1, 0.15) is 10.8 Å². The molecule has 0 radical (unpaired) electrons. The molecule has 3 rings (SSSR count). The van der Waals surface area contributed by atoms with Crippen LogP contribution < -0.4 is 10.1 Å². The number of nitrogens with zero attached hydrogens (tertiary/aromatic N) is 2. The molecular formula is C17H17N3O3S. The second-order valence-electron chi connectivity index (χ2n) is 5.09. The normalized spacial score (nSPS) is 10.5. The van der Waals surface area contributed by atoms with E-state index in [1.54, 1.807) is 18.4 Å². The smallest absolute Gasteiger partial charge is 0.247 e. The van der Waals surface area contributed by atoms with E-state index in [-0.39, 0.29) is 5.91 Å². The van der Waals surface area contributed by atoms with E-state index in [1.165, 1.54) is 0 Å². The third-order valence-corrected chi connectivity index (χ3v) is 4.24. The van der Waals surface area contributed by atoms with Crippen LogP contribution in [-0.2, 0) is 17.6 Å². The van der Waals surface area contributed by atoms with Crippen molar-refractivity contribution in [2.45, 2.75) is 12.8 Å². The monoisotopic (exact) mass is 343 g/mol. The minimum atomic E-state index is -0.00927. The molecule has 0 unspecified atom stereocenters. The highest BCUT2D eigenvalue weighted by Gasteiger charge is 2.10. The first kappa shape index (κ1) is 16.2. The number of rotatable bonds is 7. The van der Waals surface area contributed by atoms with Crippen molar-refractivity contribution in [3.8, 4) is 17.2 Å². The first-order valence-corrected chi connectivity index (χ1v) is 8.38. The molecule has 0 aliphatic carbocycles. The predicted molar refractivity (Wildman–Crippen MR) is 91.0 cm³/mol. The molecule has 124 valence electrons. The Hall–Kier alpha value is -2.67. The molecule has 0 spiro atoms. The quantitative estimate of drug-likeness (QED) is 0.714. The Morgan fingerprint density at radius 3 is 3.00 bits per heavy atom. The van der Waals surface area contributed by atoms with Crippen LogP contribution in [0.5, 0.6) is 5.75 Å². The Balaban J connectivity index is 1.51. The van der Waals surface area contributed by atoms with Crippen LogP contribution in [0.3, 0.4) is 0 Å². The van der Waals surface area contributed by atoms with E-state index in [0.29, 0.717) is 31.2 Å². The van der Waals surface area contributed by atoms with Crippen molar-refractivity contribution in [1.82, 2.24) is 15.5 Å². The van der Waals surface area contributed by atoms with E-state index in [9.17, 15) is 4.79 Å². The molecule has 2 aromatic heterocycles. The summed E-state index contributed by atoms with van der Waals surface area (Å²) in [5.41, 5.74) is 0.801. The lowest BCUT2D eigenvalue weighted by Crippen LogP contribution is -2.27. The number of amides is 1. The summed E-state index contributed by atoms with van der Waals surface area (Å²) in [6.07, 6.45) is 0.893. The Bertz CT molecular complexity index is 799. The maximum atomic E-state index is 11.8. The van der Waals surface area contributed by atoms with E-state index < -0.39 is 0 Å². The van der Waals surface area contributed by atoms with E-state index in [0.717, 1.165) is 16.2 Å². The lowest BCUT2D eigenvalue weighted by atomic mass is 10.2. The van der Waals surface area contributed by atoms with Crippen molar-refractivity contribution in [1.29, 1.82) is 0 Å². The molecule has 0 atom stereocenters. The largest absolute Gasteiger partial charge is 0.497 e. The molecule has 0 saturated carbocycles. The molecule has 2 heterocycles. The first-order chi connectivity index (χ1) is 11.7. The standard InChI is InChI=1S/C17H17N3O3S/c1-22-13-5-2-4-12(10-13)17-20-19-16(23-17)7-8-18-15(21)11-14-6-3-9-24-14/h2-6,9-10H,7-8,11H2,1H3,(H,18,21). The van der Waals surface area contributed by atoms with Crippen molar-refractivity contribution in [2.24, 2.45) is 0 Å². The maximum Gasteiger partial charge on any atom is 0.247 e. The van der Waals surface area contributed by atoms with Crippen molar-refractivity contribution in [2.75, 3.05) is 13.7 Å². The summed E-state index contributed by atoms with van der Waals surface area (Å²) < 4.78 is 10.8. The van der Waals surface area contributed by atoms with Gasteiger partial charge < -0.3 is 14.5 Å². The molecule has 0 saturated heterocycles. The lowest BCUT2D eigenvalue weighted by molar-refractivity contribution is -0.120. The molecule has 0 aliphatic rings. The summed E-state index contributed by atoms with van der Waals surface area (Å²) >= 11 is 1.57. The van der Waals surface area contributed by atoms with Gasteiger partial charge in [-0.25, -0.2) is 0 Å². The second-order valence-corrected chi connectivity index (χ2v) is 6.12. The van der Waals surface area contributed by atoms with Crippen molar-refractivity contribution < 1.29 is 13.9 Å². The molecule has 1 amide bonds. The second kappa shape index (κ2) is 7.74. The van der Waals surface area contributed by atoms with E-state index in [2.05, 4.69) is 15.5 Å². The van der Waals surface area contributed by atoms with Gasteiger partial charge in [0.1, 0.15) is 5.75 Å². The number of nitrogens with one attached hydrogen (secondary N) is 1. The molecule has 7 heteroatoms. The molecule has 3 aromatic rings. The summed E-state index contributed by atoms with van der Waals surface area (Å²) in [7, 11) is 1.61. The highest BCUT2D eigenvalue weighted by molar-refractivity contribution is 7.10. The maximum absolute atomic E-state index is 11.8. The van der Waals surface area contributed by atoms with Gasteiger partial charge in [-0.05, 0) is 29.6 Å². The van der Waals surface area contributed by atoms with E-state index in [4.69, 9.17) is 9.15 Å². The number of hydrogen-bond acceptors (Lipinski definition) is 6. The van der Waals surface area contributed by atoms with Crippen LogP contribution in [0, 0.1) is 0 Å². The number of ether oxygens (including phenoxy) is 1. The van der Waals surface area contributed by atoms with Crippen LogP contribution in [0.25, 0.3) is 11.5 Å². The van der Waals surface area contributed by atoms with Crippen LogP contribution in [0.4, 0.5) is 0 Å². The predicted octanol–water partition coefficient (Wildman–Crippen LogP) is 2.71. The fraction of sp³-hybridized carbons (Fsp3) is 0.235. The van der Waals surface area contributed by atoms with Crippen molar-refractivity contribution in [3.05, 3.63) is 52.5 Å². The Morgan fingerprint density at radius 1 is 1.29 bits per heavy atom. The van der Waals surface area contributed by atoms with Gasteiger partial charge in [0.05, 0.1) is 13.5 Å². The van der Waals surface area contributed by atoms with Crippen molar-refractivity contribution >= 4 is 17.2 Å². The first-order valence-electron chi connectivity index (χ1n) is 7.50. The topological polar surface area (TPSA) is 77.3 Å². The number of thiophene rings is 1. The number of carbonyl (C=O) groups is 1. The van der Waals surface area contributed by atoms with Gasteiger partial charge in [0.25, 0.3) is 0 Å². The van der Waals surface area contributed by atoms with Gasteiger partial charge in [-0.15, -0.1) is 21.5 Å². The summed E-state index contributed by atoms with van der Waals surface area (Å²) in [4.78, 5) is 12.9. The molecule has 0 fully saturated rings. The summed E-state index contributed by atoms with van der Waals surface area (Å²) in [6.45, 7) is 0.462. The number of hydrogen-bond donors (Lipinski definition) is 1. The minimum absolute atomic E-state index is 0.00927. The highest BCUT2D eigenvalue weighted by Crippen LogP contribution is 2.22. The molecule has 24 heavy (non-hydrogen) atoms. The van der Waals surface area contributed by atoms with Crippen LogP contribution in [-0.4, -0.2) is 29.8 Å². The molecule has 1 N–H and O–H groups in total. The number of benzene rings is 1. The zero-order valence-electron chi connectivity index (χ0n) is 13.2. The Morgan fingerprint density at radius 2 is 2.21 bits per heavy atom. The van der Waals surface area contributed by atoms with Gasteiger partial charge in [0, 0.05) is 23.4 Å². The third kappa shape index (κ3) is 4.20. The van der Waals surface area contributed by atoms with Gasteiger partial charge in [0.2, 0.25) is 17.7 Å². The zero-order chi connectivity index (χ0) is 16.8. The van der Waals surface area contributed by atoms with Gasteiger partial charge in [-0.3, -0.25) is 4.79 Å². The summed E-state index contributed by atoms with van der Waals surface area (Å²) in [5.74, 6) is 1.65. The van der Waals surface area contributed by atoms with Crippen molar-refractivity contribution in [3.63, 3.8) is 0 Å². The van der Waals surface area contributed by atoms with Gasteiger partial charge >= 0.3 is 0 Å². The minimum Gasteiger partial charge on any atom is -0.497 e. The molecule has 1 aromatic carbocycles. The van der Waals surface area contributed by atoms with Gasteiger partial charge in [-0.1, -0.05) is 12.1 Å².